The number of nitrogens with one attached hydrogen (secondary N) is 2. The van der Waals surface area contributed by atoms with Gasteiger partial charge in [-0.15, -0.1) is 0 Å². The molecule has 0 aromatic carbocycles. The Morgan fingerprint density at radius 2 is 2.05 bits per heavy atom. The van der Waals surface area contributed by atoms with Crippen molar-refractivity contribution in [3.63, 3.8) is 0 Å². The fourth-order valence-corrected chi connectivity index (χ4v) is 4.18. The van der Waals surface area contributed by atoms with Crippen LogP contribution >= 0.6 is 0 Å². The van der Waals surface area contributed by atoms with Gasteiger partial charge in [0.2, 0.25) is 10.0 Å². The molecule has 0 bridgehead atoms. The van der Waals surface area contributed by atoms with Gasteiger partial charge in [-0.2, -0.15) is 0 Å². The van der Waals surface area contributed by atoms with Gasteiger partial charge in [-0.05, 0) is 31.7 Å². The van der Waals surface area contributed by atoms with Crippen LogP contribution in [0, 0.1) is 5.92 Å². The molecule has 1 aromatic heterocycles. The molecule has 20 heavy (non-hydrogen) atoms. The van der Waals surface area contributed by atoms with Gasteiger partial charge in [-0.25, -0.2) is 13.1 Å². The van der Waals surface area contributed by atoms with Gasteiger partial charge < -0.3 is 5.43 Å². The van der Waals surface area contributed by atoms with Crippen LogP contribution in [0.2, 0.25) is 0 Å². The lowest BCUT2D eigenvalue weighted by Crippen LogP contribution is -2.39. The first kappa shape index (κ1) is 15.2. The monoisotopic (exact) mass is 298 g/mol. The number of sulfonamides is 1. The number of pyridine rings is 1. The first-order valence-electron chi connectivity index (χ1n) is 6.97. The molecule has 1 fully saturated rings. The summed E-state index contributed by atoms with van der Waals surface area (Å²) in [6, 6.07) is 1.46. The Hall–Kier alpha value is -1.18. The van der Waals surface area contributed by atoms with Crippen LogP contribution in [0.3, 0.4) is 0 Å². The van der Waals surface area contributed by atoms with Crippen molar-refractivity contribution in [2.75, 3.05) is 5.43 Å². The molecule has 1 aromatic rings. The van der Waals surface area contributed by atoms with E-state index in [-0.39, 0.29) is 10.9 Å². The zero-order valence-electron chi connectivity index (χ0n) is 11.7. The molecule has 1 atom stereocenters. The number of anilines is 1. The van der Waals surface area contributed by atoms with E-state index in [2.05, 4.69) is 15.1 Å². The number of nitrogens with two attached hydrogens (primary N) is 1. The van der Waals surface area contributed by atoms with Gasteiger partial charge in [-0.1, -0.05) is 19.3 Å². The van der Waals surface area contributed by atoms with E-state index < -0.39 is 10.0 Å². The molecule has 1 unspecified atom stereocenters. The topological polar surface area (TPSA) is 97.1 Å². The van der Waals surface area contributed by atoms with E-state index in [0.717, 1.165) is 12.8 Å². The number of rotatable bonds is 5. The largest absolute Gasteiger partial charge is 0.323 e. The first-order chi connectivity index (χ1) is 9.54. The minimum Gasteiger partial charge on any atom is -0.323 e. The summed E-state index contributed by atoms with van der Waals surface area (Å²) < 4.78 is 27.6. The Morgan fingerprint density at radius 1 is 1.35 bits per heavy atom. The lowest BCUT2D eigenvalue weighted by molar-refractivity contribution is 0.303. The van der Waals surface area contributed by atoms with Gasteiger partial charge in [0.15, 0.2) is 0 Å². The minimum atomic E-state index is -3.61. The van der Waals surface area contributed by atoms with E-state index in [1.807, 2.05) is 6.92 Å². The van der Waals surface area contributed by atoms with Crippen molar-refractivity contribution in [1.29, 1.82) is 0 Å². The second kappa shape index (κ2) is 6.51. The van der Waals surface area contributed by atoms with Gasteiger partial charge in [-0.3, -0.25) is 10.8 Å². The smallest absolute Gasteiger partial charge is 0.244 e. The minimum absolute atomic E-state index is 0.0777. The first-order valence-corrected chi connectivity index (χ1v) is 8.46. The molecule has 112 valence electrons. The van der Waals surface area contributed by atoms with Crippen LogP contribution in [0.15, 0.2) is 23.4 Å². The van der Waals surface area contributed by atoms with Gasteiger partial charge in [0.1, 0.15) is 4.90 Å². The molecule has 2 rings (SSSR count). The predicted octanol–water partition coefficient (Wildman–Crippen LogP) is 1.61. The summed E-state index contributed by atoms with van der Waals surface area (Å²) in [6.45, 7) is 1.93. The van der Waals surface area contributed by atoms with Crippen LogP contribution in [0.5, 0.6) is 0 Å². The Balaban J connectivity index is 2.14. The van der Waals surface area contributed by atoms with Crippen LogP contribution in [0.25, 0.3) is 0 Å². The van der Waals surface area contributed by atoms with E-state index in [1.54, 1.807) is 6.07 Å². The highest BCUT2D eigenvalue weighted by Gasteiger charge is 2.26. The van der Waals surface area contributed by atoms with Crippen molar-refractivity contribution in [3.8, 4) is 0 Å². The Labute approximate surface area is 120 Å². The number of hydrogen-bond donors (Lipinski definition) is 3. The van der Waals surface area contributed by atoms with Crippen molar-refractivity contribution in [2.45, 2.75) is 50.0 Å². The Kier molecular flexibility index (Phi) is 4.95. The highest BCUT2D eigenvalue weighted by Crippen LogP contribution is 2.27. The molecule has 0 spiro atoms. The molecule has 7 heteroatoms. The third-order valence-corrected chi connectivity index (χ3v) is 5.51. The fourth-order valence-electron chi connectivity index (χ4n) is 2.75. The third kappa shape index (κ3) is 3.47. The summed E-state index contributed by atoms with van der Waals surface area (Å²) >= 11 is 0. The van der Waals surface area contributed by atoms with Crippen molar-refractivity contribution in [3.05, 3.63) is 18.5 Å². The molecule has 0 aliphatic heterocycles. The molecule has 0 amide bonds. The molecule has 1 heterocycles. The Morgan fingerprint density at radius 3 is 2.70 bits per heavy atom. The molecular formula is C13H22N4O2S. The molecule has 6 nitrogen and oxygen atoms in total. The maximum Gasteiger partial charge on any atom is 0.244 e. The zero-order chi connectivity index (χ0) is 14.6. The SMILES string of the molecule is CC(NS(=O)(=O)c1cnccc1NN)C1CCCCC1. The normalized spacial score (nSPS) is 18.7. The summed E-state index contributed by atoms with van der Waals surface area (Å²) in [5.74, 6) is 5.76. The van der Waals surface area contributed by atoms with Crippen LogP contribution in [-0.4, -0.2) is 19.4 Å². The Bertz CT molecular complexity index is 541. The van der Waals surface area contributed by atoms with Gasteiger partial charge in [0.05, 0.1) is 5.69 Å². The van der Waals surface area contributed by atoms with Crippen LogP contribution < -0.4 is 16.0 Å². The highest BCUT2D eigenvalue weighted by atomic mass is 32.2. The second-order valence-electron chi connectivity index (χ2n) is 5.32. The molecule has 1 saturated carbocycles. The van der Waals surface area contributed by atoms with Crippen molar-refractivity contribution >= 4 is 15.7 Å². The van der Waals surface area contributed by atoms with Crippen molar-refractivity contribution < 1.29 is 8.42 Å². The van der Waals surface area contributed by atoms with E-state index in [9.17, 15) is 8.42 Å². The zero-order valence-corrected chi connectivity index (χ0v) is 12.5. The van der Waals surface area contributed by atoms with E-state index in [0.29, 0.717) is 11.6 Å². The highest BCUT2D eigenvalue weighted by molar-refractivity contribution is 7.89. The molecule has 0 saturated heterocycles. The summed E-state index contributed by atoms with van der Waals surface area (Å²) in [4.78, 5) is 3.95. The summed E-state index contributed by atoms with van der Waals surface area (Å²) in [6.07, 6.45) is 8.58. The number of hydrogen-bond acceptors (Lipinski definition) is 5. The summed E-state index contributed by atoms with van der Waals surface area (Å²) in [5.41, 5.74) is 2.75. The number of hydrazine groups is 1. The average molecular weight is 298 g/mol. The lowest BCUT2D eigenvalue weighted by Gasteiger charge is -2.28. The third-order valence-electron chi connectivity index (χ3n) is 3.93. The van der Waals surface area contributed by atoms with Crippen LogP contribution in [0.1, 0.15) is 39.0 Å². The number of nitrogen functional groups attached to an aromatic ring is 1. The predicted molar refractivity (Wildman–Crippen MR) is 78.4 cm³/mol. The van der Waals surface area contributed by atoms with Gasteiger partial charge >= 0.3 is 0 Å². The van der Waals surface area contributed by atoms with E-state index in [4.69, 9.17) is 5.84 Å². The second-order valence-corrected chi connectivity index (χ2v) is 7.01. The van der Waals surface area contributed by atoms with Crippen molar-refractivity contribution in [2.24, 2.45) is 11.8 Å². The quantitative estimate of drug-likeness (QED) is 0.567. The van der Waals surface area contributed by atoms with Gasteiger partial charge in [0.25, 0.3) is 0 Å². The van der Waals surface area contributed by atoms with Crippen molar-refractivity contribution in [1.82, 2.24) is 9.71 Å². The van der Waals surface area contributed by atoms with Crippen LogP contribution in [-0.2, 0) is 10.0 Å². The molecule has 0 radical (unpaired) electrons. The van der Waals surface area contributed by atoms with E-state index in [1.165, 1.54) is 31.7 Å². The maximum atomic E-state index is 12.4. The van der Waals surface area contributed by atoms with Gasteiger partial charge in [0, 0.05) is 18.4 Å². The standard InChI is InChI=1S/C13H22N4O2S/c1-10(11-5-3-2-4-6-11)17-20(18,19)13-9-15-8-7-12(13)16-14/h7-11,17H,2-6,14H2,1H3,(H,15,16). The molecule has 1 aliphatic carbocycles. The lowest BCUT2D eigenvalue weighted by atomic mass is 9.85. The number of aromatic nitrogens is 1. The average Bonchev–Trinajstić information content (AvgIpc) is 2.47. The number of nitrogens with zero attached hydrogens (tertiary/aromatic N) is 1. The molecular weight excluding hydrogens is 276 g/mol. The maximum absolute atomic E-state index is 12.4. The van der Waals surface area contributed by atoms with E-state index >= 15 is 0 Å². The molecule has 4 N–H and O–H groups in total. The van der Waals surface area contributed by atoms with Crippen LogP contribution in [0.4, 0.5) is 5.69 Å². The summed E-state index contributed by atoms with van der Waals surface area (Å²) in [7, 11) is -3.61. The fraction of sp³-hybridized carbons (Fsp3) is 0.615. The molecule has 1 aliphatic rings. The summed E-state index contributed by atoms with van der Waals surface area (Å²) in [5, 5.41) is 0.